The van der Waals surface area contributed by atoms with E-state index in [1.807, 2.05) is 37.3 Å². The van der Waals surface area contributed by atoms with Crippen molar-refractivity contribution in [1.29, 1.82) is 0 Å². The molecule has 3 rings (SSSR count). The molecular formula is C16H15BrN2O2. The van der Waals surface area contributed by atoms with Gasteiger partial charge in [-0.2, -0.15) is 0 Å². The van der Waals surface area contributed by atoms with Crippen LogP contribution in [-0.4, -0.2) is 12.5 Å². The lowest BCUT2D eigenvalue weighted by molar-refractivity contribution is -0.118. The van der Waals surface area contributed by atoms with Crippen molar-refractivity contribution in [3.05, 3.63) is 57.6 Å². The number of aryl methyl sites for hydroxylation is 1. The van der Waals surface area contributed by atoms with Crippen molar-refractivity contribution >= 4 is 27.5 Å². The smallest absolute Gasteiger partial charge is 0.262 e. The molecule has 1 unspecified atom stereocenters. The molecule has 21 heavy (non-hydrogen) atoms. The van der Waals surface area contributed by atoms with E-state index in [4.69, 9.17) is 10.5 Å². The molecule has 1 aliphatic heterocycles. The zero-order chi connectivity index (χ0) is 15.0. The molecule has 0 saturated heterocycles. The first kappa shape index (κ1) is 14.1. The van der Waals surface area contributed by atoms with Crippen LogP contribution in [0.25, 0.3) is 0 Å². The summed E-state index contributed by atoms with van der Waals surface area (Å²) in [4.78, 5) is 11.4. The van der Waals surface area contributed by atoms with Gasteiger partial charge in [0.1, 0.15) is 5.75 Å². The summed E-state index contributed by atoms with van der Waals surface area (Å²) in [6, 6.07) is 11.4. The highest BCUT2D eigenvalue weighted by Crippen LogP contribution is 2.33. The molecule has 2 aromatic carbocycles. The topological polar surface area (TPSA) is 64.3 Å². The Morgan fingerprint density at radius 3 is 2.90 bits per heavy atom. The Labute approximate surface area is 131 Å². The van der Waals surface area contributed by atoms with Gasteiger partial charge < -0.3 is 15.8 Å². The van der Waals surface area contributed by atoms with Gasteiger partial charge in [-0.05, 0) is 36.2 Å². The minimum absolute atomic E-state index is 0.0574. The number of carbonyl (C=O) groups is 1. The van der Waals surface area contributed by atoms with Crippen molar-refractivity contribution in [3.8, 4) is 5.75 Å². The molecule has 2 aromatic rings. The molecule has 0 aliphatic carbocycles. The van der Waals surface area contributed by atoms with Crippen LogP contribution in [0.15, 0.2) is 40.9 Å². The number of fused-ring (bicyclic) bond motifs is 1. The van der Waals surface area contributed by atoms with Crippen molar-refractivity contribution in [1.82, 2.24) is 0 Å². The van der Waals surface area contributed by atoms with Crippen LogP contribution < -0.4 is 15.8 Å². The third-order valence-corrected chi connectivity index (χ3v) is 4.20. The van der Waals surface area contributed by atoms with E-state index < -0.39 is 0 Å². The molecule has 108 valence electrons. The zero-order valence-corrected chi connectivity index (χ0v) is 13.1. The van der Waals surface area contributed by atoms with E-state index in [1.165, 1.54) is 0 Å². The van der Waals surface area contributed by atoms with Gasteiger partial charge in [0, 0.05) is 4.47 Å². The minimum atomic E-state index is -0.275. The highest BCUT2D eigenvalue weighted by atomic mass is 79.9. The fourth-order valence-electron chi connectivity index (χ4n) is 2.38. The molecule has 1 amide bonds. The summed E-state index contributed by atoms with van der Waals surface area (Å²) in [6.45, 7) is 2.09. The largest absolute Gasteiger partial charge is 0.482 e. The average Bonchev–Trinajstić information content (AvgIpc) is 2.48. The van der Waals surface area contributed by atoms with Crippen molar-refractivity contribution < 1.29 is 9.53 Å². The van der Waals surface area contributed by atoms with Crippen LogP contribution >= 0.6 is 15.9 Å². The molecule has 5 heteroatoms. The number of nitrogens with two attached hydrogens (primary N) is 1. The number of halogens is 1. The molecule has 1 atom stereocenters. The molecule has 1 aliphatic rings. The molecule has 0 radical (unpaired) electrons. The number of ether oxygens (including phenoxy) is 1. The lowest BCUT2D eigenvalue weighted by Crippen LogP contribution is -2.25. The lowest BCUT2D eigenvalue weighted by atomic mass is 9.97. The fraction of sp³-hybridized carbons (Fsp3) is 0.188. The SMILES string of the molecule is Cc1ccc(Br)c(C(N)c2ccc3c(c2)NC(=O)CO3)c1. The van der Waals surface area contributed by atoms with Crippen LogP contribution in [0, 0.1) is 6.92 Å². The first-order valence-electron chi connectivity index (χ1n) is 6.63. The van der Waals surface area contributed by atoms with E-state index in [2.05, 4.69) is 27.3 Å². The Morgan fingerprint density at radius 2 is 2.10 bits per heavy atom. The standard InChI is InChI=1S/C16H15BrN2O2/c1-9-2-4-12(17)11(6-9)16(18)10-3-5-14-13(7-10)19-15(20)8-21-14/h2-7,16H,8,18H2,1H3,(H,19,20). The molecule has 4 nitrogen and oxygen atoms in total. The molecular weight excluding hydrogens is 332 g/mol. The van der Waals surface area contributed by atoms with Gasteiger partial charge >= 0.3 is 0 Å². The lowest BCUT2D eigenvalue weighted by Gasteiger charge is -2.21. The average molecular weight is 347 g/mol. The van der Waals surface area contributed by atoms with Crippen molar-refractivity contribution in [2.45, 2.75) is 13.0 Å². The van der Waals surface area contributed by atoms with E-state index in [9.17, 15) is 4.79 Å². The van der Waals surface area contributed by atoms with Crippen LogP contribution in [0.4, 0.5) is 5.69 Å². The molecule has 1 heterocycles. The van der Waals surface area contributed by atoms with E-state index in [0.717, 1.165) is 21.2 Å². The summed E-state index contributed by atoms with van der Waals surface area (Å²) >= 11 is 3.54. The Hall–Kier alpha value is -1.85. The Morgan fingerprint density at radius 1 is 1.29 bits per heavy atom. The van der Waals surface area contributed by atoms with Crippen LogP contribution in [0.5, 0.6) is 5.75 Å². The van der Waals surface area contributed by atoms with E-state index in [1.54, 1.807) is 0 Å². The molecule has 0 bridgehead atoms. The van der Waals surface area contributed by atoms with Crippen LogP contribution in [-0.2, 0) is 4.79 Å². The van der Waals surface area contributed by atoms with Crippen LogP contribution in [0.3, 0.4) is 0 Å². The quantitative estimate of drug-likeness (QED) is 0.877. The molecule has 0 fully saturated rings. The Kier molecular flexibility index (Phi) is 3.69. The first-order valence-corrected chi connectivity index (χ1v) is 7.42. The fourth-order valence-corrected chi connectivity index (χ4v) is 2.87. The van der Waals surface area contributed by atoms with Crippen molar-refractivity contribution in [3.63, 3.8) is 0 Å². The molecule has 0 spiro atoms. The second-order valence-electron chi connectivity index (χ2n) is 5.10. The van der Waals surface area contributed by atoms with Gasteiger partial charge in [-0.25, -0.2) is 0 Å². The predicted molar refractivity (Wildman–Crippen MR) is 85.5 cm³/mol. The van der Waals surface area contributed by atoms with Crippen LogP contribution in [0.1, 0.15) is 22.7 Å². The molecule has 3 N–H and O–H groups in total. The van der Waals surface area contributed by atoms with E-state index in [0.29, 0.717) is 11.4 Å². The third-order valence-electron chi connectivity index (χ3n) is 3.48. The zero-order valence-electron chi connectivity index (χ0n) is 11.5. The normalized spacial score (nSPS) is 14.9. The Bertz CT molecular complexity index is 715. The number of hydrogen-bond acceptors (Lipinski definition) is 3. The molecule has 0 aromatic heterocycles. The van der Waals surface area contributed by atoms with Gasteiger partial charge in [0.15, 0.2) is 6.61 Å². The minimum Gasteiger partial charge on any atom is -0.482 e. The summed E-state index contributed by atoms with van der Waals surface area (Å²) < 4.78 is 6.33. The second-order valence-corrected chi connectivity index (χ2v) is 5.95. The van der Waals surface area contributed by atoms with E-state index in [-0.39, 0.29) is 18.6 Å². The van der Waals surface area contributed by atoms with Gasteiger partial charge in [-0.3, -0.25) is 4.79 Å². The second kappa shape index (κ2) is 5.50. The molecule has 0 saturated carbocycles. The number of benzene rings is 2. The number of carbonyl (C=O) groups excluding carboxylic acids is 1. The van der Waals surface area contributed by atoms with Crippen LogP contribution in [0.2, 0.25) is 0 Å². The summed E-state index contributed by atoms with van der Waals surface area (Å²) in [6.07, 6.45) is 0. The van der Waals surface area contributed by atoms with Gasteiger partial charge in [0.05, 0.1) is 11.7 Å². The van der Waals surface area contributed by atoms with Gasteiger partial charge in [0.25, 0.3) is 5.91 Å². The summed E-state index contributed by atoms with van der Waals surface area (Å²) in [5.74, 6) is 0.527. The van der Waals surface area contributed by atoms with Gasteiger partial charge in [0.2, 0.25) is 0 Å². The summed E-state index contributed by atoms with van der Waals surface area (Å²) in [5.41, 5.74) is 10.1. The Balaban J connectivity index is 1.98. The number of nitrogens with one attached hydrogen (secondary N) is 1. The monoisotopic (exact) mass is 346 g/mol. The maximum Gasteiger partial charge on any atom is 0.262 e. The summed E-state index contributed by atoms with van der Waals surface area (Å²) in [7, 11) is 0. The highest BCUT2D eigenvalue weighted by Gasteiger charge is 2.19. The van der Waals surface area contributed by atoms with Crippen molar-refractivity contribution in [2.24, 2.45) is 5.73 Å². The highest BCUT2D eigenvalue weighted by molar-refractivity contribution is 9.10. The van der Waals surface area contributed by atoms with E-state index >= 15 is 0 Å². The summed E-state index contributed by atoms with van der Waals surface area (Å²) in [5, 5.41) is 2.80. The van der Waals surface area contributed by atoms with Gasteiger partial charge in [-0.1, -0.05) is 39.7 Å². The van der Waals surface area contributed by atoms with Gasteiger partial charge in [-0.15, -0.1) is 0 Å². The predicted octanol–water partition coefficient (Wildman–Crippen LogP) is 3.14. The number of hydrogen-bond donors (Lipinski definition) is 2. The number of amides is 1. The third kappa shape index (κ3) is 2.80. The maximum absolute atomic E-state index is 11.4. The maximum atomic E-state index is 11.4. The number of anilines is 1. The number of rotatable bonds is 2. The first-order chi connectivity index (χ1) is 10.0. The van der Waals surface area contributed by atoms with Crippen molar-refractivity contribution in [2.75, 3.05) is 11.9 Å².